The molecule has 11 heteroatoms. The van der Waals surface area contributed by atoms with Crippen molar-refractivity contribution in [3.05, 3.63) is 108 Å². The Balaban J connectivity index is 1.54. The highest BCUT2D eigenvalue weighted by atomic mass is 32.2. The van der Waals surface area contributed by atoms with Gasteiger partial charge in [0.2, 0.25) is 5.91 Å². The summed E-state index contributed by atoms with van der Waals surface area (Å²) in [6.07, 6.45) is 0.783. The molecule has 4 aromatic carbocycles. The van der Waals surface area contributed by atoms with Crippen molar-refractivity contribution in [2.45, 2.75) is 37.0 Å². The van der Waals surface area contributed by atoms with Crippen LogP contribution in [-0.2, 0) is 31.3 Å². The zero-order valence-electron chi connectivity index (χ0n) is 23.8. The second-order valence-electron chi connectivity index (χ2n) is 9.73. The normalized spacial score (nSPS) is 11.5. The summed E-state index contributed by atoms with van der Waals surface area (Å²) in [4.78, 5) is 13.2. The Morgan fingerprint density at radius 3 is 1.98 bits per heavy atom. The highest BCUT2D eigenvalue weighted by Gasteiger charge is 2.27. The number of hydrogen-bond donors (Lipinski definition) is 2. The minimum Gasteiger partial charge on any atom is -0.495 e. The van der Waals surface area contributed by atoms with Gasteiger partial charge in [0, 0.05) is 5.69 Å². The third kappa shape index (κ3) is 7.10. The molecule has 4 aromatic rings. The molecule has 0 unspecified atom stereocenters. The van der Waals surface area contributed by atoms with E-state index in [1.165, 1.54) is 43.5 Å². The fraction of sp³-hybridized carbons (Fsp3) is 0.194. The second-order valence-corrected chi connectivity index (χ2v) is 13.3. The van der Waals surface area contributed by atoms with Gasteiger partial charge in [-0.1, -0.05) is 42.8 Å². The van der Waals surface area contributed by atoms with Crippen molar-refractivity contribution in [1.82, 2.24) is 0 Å². The van der Waals surface area contributed by atoms with Gasteiger partial charge in [-0.3, -0.25) is 13.8 Å². The van der Waals surface area contributed by atoms with Gasteiger partial charge in [-0.15, -0.1) is 0 Å². The number of carbonyl (C=O) groups excluding carboxylic acids is 1. The van der Waals surface area contributed by atoms with Crippen molar-refractivity contribution in [2.75, 3.05) is 28.0 Å². The molecule has 0 saturated carbocycles. The van der Waals surface area contributed by atoms with Crippen LogP contribution in [0.15, 0.2) is 101 Å². The van der Waals surface area contributed by atoms with Gasteiger partial charge in [0.15, 0.2) is 0 Å². The molecule has 42 heavy (non-hydrogen) atoms. The number of benzene rings is 4. The zero-order chi connectivity index (χ0) is 30.5. The van der Waals surface area contributed by atoms with Gasteiger partial charge < -0.3 is 10.1 Å². The van der Waals surface area contributed by atoms with E-state index in [-0.39, 0.29) is 9.79 Å². The number of hydrogen-bond acceptors (Lipinski definition) is 6. The molecule has 0 saturated heterocycles. The van der Waals surface area contributed by atoms with E-state index in [2.05, 4.69) is 10.0 Å². The number of ether oxygens (including phenoxy) is 1. The number of nitrogens with one attached hydrogen (secondary N) is 2. The van der Waals surface area contributed by atoms with Crippen LogP contribution in [0.5, 0.6) is 5.75 Å². The number of nitrogens with zero attached hydrogens (tertiary/aromatic N) is 1. The predicted octanol–water partition coefficient (Wildman–Crippen LogP) is 5.51. The number of anilines is 3. The molecule has 220 valence electrons. The van der Waals surface area contributed by atoms with E-state index >= 15 is 0 Å². The molecule has 0 aliphatic carbocycles. The minimum absolute atomic E-state index is 0.0244. The van der Waals surface area contributed by atoms with Crippen LogP contribution in [0.25, 0.3) is 0 Å². The summed E-state index contributed by atoms with van der Waals surface area (Å²) in [5, 5.41) is 2.67. The number of aryl methyl sites for hydroxylation is 3. The summed E-state index contributed by atoms with van der Waals surface area (Å²) in [5.41, 5.74) is 3.75. The van der Waals surface area contributed by atoms with Gasteiger partial charge in [-0.05, 0) is 92.1 Å². The zero-order valence-corrected chi connectivity index (χ0v) is 25.4. The Morgan fingerprint density at radius 1 is 0.786 bits per heavy atom. The third-order valence-electron chi connectivity index (χ3n) is 6.58. The van der Waals surface area contributed by atoms with Gasteiger partial charge in [0.05, 0.1) is 28.3 Å². The number of rotatable bonds is 11. The molecule has 0 aromatic heterocycles. The van der Waals surface area contributed by atoms with E-state index in [0.717, 1.165) is 27.4 Å². The van der Waals surface area contributed by atoms with Crippen LogP contribution in [0, 0.1) is 13.8 Å². The number of carbonyl (C=O) groups is 1. The summed E-state index contributed by atoms with van der Waals surface area (Å²) in [6, 6.07) is 24.1. The first-order valence-electron chi connectivity index (χ1n) is 13.2. The Morgan fingerprint density at radius 2 is 1.38 bits per heavy atom. The first-order chi connectivity index (χ1) is 19.9. The molecule has 0 atom stereocenters. The van der Waals surface area contributed by atoms with Crippen LogP contribution in [0.3, 0.4) is 0 Å². The molecule has 9 nitrogen and oxygen atoms in total. The first-order valence-corrected chi connectivity index (χ1v) is 16.1. The summed E-state index contributed by atoms with van der Waals surface area (Å²) in [5.74, 6) is -0.217. The standard InChI is InChI=1S/C31H33N3O6S2/c1-5-24-9-13-26(14-10-24)34(42(38,39)28-15-6-22(2)7-16-28)21-31(35)32-25-11-17-27(18-12-25)41(36,37)33-29-20-23(3)8-19-30(29)40-4/h6-20,33H,5,21H2,1-4H3,(H,32,35). The fourth-order valence-electron chi connectivity index (χ4n) is 4.20. The molecule has 0 fully saturated rings. The van der Waals surface area contributed by atoms with Gasteiger partial charge in [-0.2, -0.15) is 0 Å². The maximum atomic E-state index is 13.6. The molecule has 0 aliphatic heterocycles. The van der Waals surface area contributed by atoms with E-state index in [0.29, 0.717) is 22.8 Å². The summed E-state index contributed by atoms with van der Waals surface area (Å²) in [6.45, 7) is 5.20. The van der Waals surface area contributed by atoms with E-state index in [1.54, 1.807) is 36.4 Å². The van der Waals surface area contributed by atoms with Gasteiger partial charge in [0.25, 0.3) is 20.0 Å². The Labute approximate surface area is 247 Å². The molecule has 0 bridgehead atoms. The molecule has 0 radical (unpaired) electrons. The third-order valence-corrected chi connectivity index (χ3v) is 9.75. The first kappa shape index (κ1) is 30.6. The SMILES string of the molecule is CCc1ccc(N(CC(=O)Nc2ccc(S(=O)(=O)Nc3cc(C)ccc3OC)cc2)S(=O)(=O)c2ccc(C)cc2)cc1. The van der Waals surface area contributed by atoms with Crippen molar-refractivity contribution in [1.29, 1.82) is 0 Å². The van der Waals surface area contributed by atoms with Gasteiger partial charge in [0.1, 0.15) is 12.3 Å². The lowest BCUT2D eigenvalue weighted by Gasteiger charge is -2.24. The highest BCUT2D eigenvalue weighted by molar-refractivity contribution is 7.93. The van der Waals surface area contributed by atoms with Crippen LogP contribution >= 0.6 is 0 Å². The van der Waals surface area contributed by atoms with Crippen molar-refractivity contribution >= 4 is 43.0 Å². The Bertz CT molecular complexity index is 1770. The largest absolute Gasteiger partial charge is 0.495 e. The average molecular weight is 608 g/mol. The molecular weight excluding hydrogens is 574 g/mol. The van der Waals surface area contributed by atoms with Crippen LogP contribution < -0.4 is 19.1 Å². The maximum absolute atomic E-state index is 13.6. The van der Waals surface area contributed by atoms with E-state index < -0.39 is 32.5 Å². The predicted molar refractivity (Wildman–Crippen MR) is 165 cm³/mol. The van der Waals surface area contributed by atoms with Gasteiger partial charge >= 0.3 is 0 Å². The average Bonchev–Trinajstić information content (AvgIpc) is 2.96. The smallest absolute Gasteiger partial charge is 0.264 e. The fourth-order valence-corrected chi connectivity index (χ4v) is 6.69. The molecule has 0 heterocycles. The van der Waals surface area contributed by atoms with Crippen molar-refractivity contribution in [3.63, 3.8) is 0 Å². The molecule has 4 rings (SSSR count). The van der Waals surface area contributed by atoms with Crippen molar-refractivity contribution in [2.24, 2.45) is 0 Å². The summed E-state index contributed by atoms with van der Waals surface area (Å²) in [7, 11) is -6.57. The van der Waals surface area contributed by atoms with Gasteiger partial charge in [-0.25, -0.2) is 16.8 Å². The molecule has 0 aliphatic rings. The second kappa shape index (κ2) is 12.7. The number of amides is 1. The molecule has 1 amide bonds. The maximum Gasteiger partial charge on any atom is 0.264 e. The summed E-state index contributed by atoms with van der Waals surface area (Å²) >= 11 is 0. The van der Waals surface area contributed by atoms with Crippen molar-refractivity contribution < 1.29 is 26.4 Å². The van der Waals surface area contributed by atoms with E-state index in [4.69, 9.17) is 4.74 Å². The van der Waals surface area contributed by atoms with E-state index in [9.17, 15) is 21.6 Å². The Kier molecular flexibility index (Phi) is 9.23. The minimum atomic E-state index is -4.07. The number of methoxy groups -OCH3 is 1. The Hall–Kier alpha value is -4.35. The van der Waals surface area contributed by atoms with E-state index in [1.807, 2.05) is 39.0 Å². The van der Waals surface area contributed by atoms with Crippen molar-refractivity contribution in [3.8, 4) is 5.75 Å². The lowest BCUT2D eigenvalue weighted by Crippen LogP contribution is -2.38. The highest BCUT2D eigenvalue weighted by Crippen LogP contribution is 2.29. The topological polar surface area (TPSA) is 122 Å². The van der Waals surface area contributed by atoms with Crippen LogP contribution in [0.2, 0.25) is 0 Å². The van der Waals surface area contributed by atoms with Crippen LogP contribution in [-0.4, -0.2) is 36.4 Å². The molecular formula is C31H33N3O6S2. The lowest BCUT2D eigenvalue weighted by atomic mass is 10.1. The monoisotopic (exact) mass is 607 g/mol. The number of sulfonamides is 2. The molecule has 0 spiro atoms. The van der Waals surface area contributed by atoms with Crippen LogP contribution in [0.1, 0.15) is 23.6 Å². The quantitative estimate of drug-likeness (QED) is 0.232. The van der Waals surface area contributed by atoms with Crippen LogP contribution in [0.4, 0.5) is 17.1 Å². The lowest BCUT2D eigenvalue weighted by molar-refractivity contribution is -0.114. The molecule has 2 N–H and O–H groups in total. The summed E-state index contributed by atoms with van der Waals surface area (Å²) < 4.78 is 62.1.